The number of carbonyl (C=O) groups excluding carboxylic acids is 2. The summed E-state index contributed by atoms with van der Waals surface area (Å²) in [6.07, 6.45) is 1.56. The average molecular weight is 395 g/mol. The van der Waals surface area contributed by atoms with Crippen LogP contribution in [0.3, 0.4) is 0 Å². The Bertz CT molecular complexity index is 658. The molecule has 24 heavy (non-hydrogen) atoms. The summed E-state index contributed by atoms with van der Waals surface area (Å²) < 4.78 is 6.33. The van der Waals surface area contributed by atoms with Crippen molar-refractivity contribution < 1.29 is 14.3 Å². The lowest BCUT2D eigenvalue weighted by atomic mass is 9.97. The Morgan fingerprint density at radius 1 is 1.29 bits per heavy atom. The van der Waals surface area contributed by atoms with E-state index >= 15 is 0 Å². The van der Waals surface area contributed by atoms with Crippen molar-refractivity contribution in [2.45, 2.75) is 44.8 Å². The van der Waals surface area contributed by atoms with E-state index in [9.17, 15) is 9.59 Å². The minimum atomic E-state index is -0.511. The zero-order valence-corrected chi connectivity index (χ0v) is 15.9. The first kappa shape index (κ1) is 17.3. The Balaban J connectivity index is 1.53. The summed E-state index contributed by atoms with van der Waals surface area (Å²) in [5, 5.41) is 3.18. The van der Waals surface area contributed by atoms with Crippen LogP contribution in [-0.2, 0) is 15.1 Å². The molecule has 5 nitrogen and oxygen atoms in total. The van der Waals surface area contributed by atoms with Gasteiger partial charge in [0.15, 0.2) is 0 Å². The molecule has 1 saturated carbocycles. The number of amides is 2. The summed E-state index contributed by atoms with van der Waals surface area (Å²) in [5.41, 5.74) is 0.393. The van der Waals surface area contributed by atoms with Crippen LogP contribution in [0.15, 0.2) is 28.7 Å². The van der Waals surface area contributed by atoms with Crippen molar-refractivity contribution in [3.63, 3.8) is 0 Å². The van der Waals surface area contributed by atoms with E-state index < -0.39 is 5.60 Å². The molecule has 130 valence electrons. The molecule has 2 fully saturated rings. The number of benzene rings is 1. The molecule has 1 saturated heterocycles. The fraction of sp³-hybridized carbons (Fsp3) is 0.556. The molecule has 6 heteroatoms. The first-order valence-electron chi connectivity index (χ1n) is 8.25. The van der Waals surface area contributed by atoms with Gasteiger partial charge in [-0.05, 0) is 51.3 Å². The number of hydrogen-bond acceptors (Lipinski definition) is 3. The molecule has 1 aromatic carbocycles. The number of likely N-dealkylation sites (tertiary alicyclic amines) is 1. The summed E-state index contributed by atoms with van der Waals surface area (Å²) in [6.45, 7) is 6.36. The third kappa shape index (κ3) is 3.74. The van der Waals surface area contributed by atoms with E-state index in [1.807, 2.05) is 39.0 Å². The van der Waals surface area contributed by atoms with Crippen LogP contribution in [0.5, 0.6) is 0 Å². The minimum absolute atomic E-state index is 0.0206. The Hall–Kier alpha value is -1.56. The highest BCUT2D eigenvalue weighted by molar-refractivity contribution is 9.10. The minimum Gasteiger partial charge on any atom is -0.444 e. The van der Waals surface area contributed by atoms with Gasteiger partial charge in [-0.15, -0.1) is 0 Å². The number of halogens is 1. The van der Waals surface area contributed by atoms with Gasteiger partial charge in [-0.2, -0.15) is 0 Å². The van der Waals surface area contributed by atoms with Crippen LogP contribution in [0.25, 0.3) is 0 Å². The van der Waals surface area contributed by atoms with Gasteiger partial charge in [0.1, 0.15) is 5.60 Å². The highest BCUT2D eigenvalue weighted by Gasteiger charge is 2.48. The fourth-order valence-corrected chi connectivity index (χ4v) is 3.25. The standard InChI is InChI=1S/C18H23BrN2O3/c1-17(2,3)24-16(23)21-10-12(11-21)15(22)20-18(7-8-18)13-5-4-6-14(19)9-13/h4-6,9,12H,7-8,10-11H2,1-3H3,(H,20,22). The second-order valence-electron chi connectivity index (χ2n) is 7.66. The molecular formula is C18H23BrN2O3. The Morgan fingerprint density at radius 2 is 1.96 bits per heavy atom. The molecule has 2 amide bonds. The van der Waals surface area contributed by atoms with Crippen LogP contribution < -0.4 is 5.32 Å². The largest absolute Gasteiger partial charge is 0.444 e. The van der Waals surface area contributed by atoms with Crippen LogP contribution in [0, 0.1) is 5.92 Å². The summed E-state index contributed by atoms with van der Waals surface area (Å²) in [7, 11) is 0. The maximum Gasteiger partial charge on any atom is 0.410 e. The predicted molar refractivity (Wildman–Crippen MR) is 94.5 cm³/mol. The molecule has 1 aliphatic heterocycles. The lowest BCUT2D eigenvalue weighted by Crippen LogP contribution is -2.57. The van der Waals surface area contributed by atoms with Crippen LogP contribution in [0.4, 0.5) is 4.79 Å². The van der Waals surface area contributed by atoms with Gasteiger partial charge in [0.25, 0.3) is 0 Å². The topological polar surface area (TPSA) is 58.6 Å². The third-order valence-electron chi connectivity index (χ3n) is 4.39. The van der Waals surface area contributed by atoms with Gasteiger partial charge in [-0.25, -0.2) is 4.79 Å². The number of carbonyl (C=O) groups is 2. The summed E-state index contributed by atoms with van der Waals surface area (Å²) in [4.78, 5) is 26.0. The summed E-state index contributed by atoms with van der Waals surface area (Å²) in [5.74, 6) is -0.130. The quantitative estimate of drug-likeness (QED) is 0.853. The second-order valence-corrected chi connectivity index (χ2v) is 8.58. The van der Waals surface area contributed by atoms with E-state index in [0.717, 1.165) is 22.9 Å². The molecule has 0 atom stereocenters. The molecule has 1 N–H and O–H groups in total. The van der Waals surface area contributed by atoms with E-state index in [4.69, 9.17) is 4.74 Å². The van der Waals surface area contributed by atoms with E-state index in [-0.39, 0.29) is 23.5 Å². The van der Waals surface area contributed by atoms with E-state index in [1.165, 1.54) is 0 Å². The molecule has 0 bridgehead atoms. The molecular weight excluding hydrogens is 372 g/mol. The number of nitrogens with zero attached hydrogens (tertiary/aromatic N) is 1. The van der Waals surface area contributed by atoms with Crippen molar-refractivity contribution in [3.8, 4) is 0 Å². The maximum atomic E-state index is 12.5. The van der Waals surface area contributed by atoms with Gasteiger partial charge in [0.2, 0.25) is 5.91 Å². The molecule has 0 spiro atoms. The fourth-order valence-electron chi connectivity index (χ4n) is 2.85. The maximum absolute atomic E-state index is 12.5. The van der Waals surface area contributed by atoms with Gasteiger partial charge in [-0.3, -0.25) is 4.79 Å². The third-order valence-corrected chi connectivity index (χ3v) is 4.89. The second kappa shape index (κ2) is 6.06. The first-order chi connectivity index (χ1) is 11.2. The number of hydrogen-bond donors (Lipinski definition) is 1. The highest BCUT2D eigenvalue weighted by atomic mass is 79.9. The van der Waals surface area contributed by atoms with Crippen molar-refractivity contribution in [2.75, 3.05) is 13.1 Å². The Kier molecular flexibility index (Phi) is 4.36. The zero-order valence-electron chi connectivity index (χ0n) is 14.3. The normalized spacial score (nSPS) is 19.4. The monoisotopic (exact) mass is 394 g/mol. The van der Waals surface area contributed by atoms with E-state index in [1.54, 1.807) is 4.90 Å². The predicted octanol–water partition coefficient (Wildman–Crippen LogP) is 3.42. The van der Waals surface area contributed by atoms with E-state index in [0.29, 0.717) is 13.1 Å². The molecule has 1 aromatic rings. The van der Waals surface area contributed by atoms with Gasteiger partial charge >= 0.3 is 6.09 Å². The van der Waals surface area contributed by atoms with Crippen LogP contribution in [-0.4, -0.2) is 35.6 Å². The number of rotatable bonds is 3. The van der Waals surface area contributed by atoms with Gasteiger partial charge < -0.3 is 15.0 Å². The van der Waals surface area contributed by atoms with Crippen molar-refractivity contribution in [1.29, 1.82) is 0 Å². The molecule has 0 radical (unpaired) electrons. The Morgan fingerprint density at radius 3 is 2.50 bits per heavy atom. The van der Waals surface area contributed by atoms with Crippen molar-refractivity contribution in [1.82, 2.24) is 10.2 Å². The molecule has 0 unspecified atom stereocenters. The van der Waals surface area contributed by atoms with E-state index in [2.05, 4.69) is 27.3 Å². The van der Waals surface area contributed by atoms with Crippen LogP contribution in [0.1, 0.15) is 39.2 Å². The smallest absolute Gasteiger partial charge is 0.410 e. The summed E-state index contributed by atoms with van der Waals surface area (Å²) >= 11 is 3.48. The van der Waals surface area contributed by atoms with Crippen LogP contribution >= 0.6 is 15.9 Å². The van der Waals surface area contributed by atoms with Gasteiger partial charge in [0.05, 0.1) is 11.5 Å². The Labute approximate surface area is 150 Å². The lowest BCUT2D eigenvalue weighted by Gasteiger charge is -2.39. The molecule has 1 heterocycles. The lowest BCUT2D eigenvalue weighted by molar-refractivity contribution is -0.130. The molecule has 1 aliphatic carbocycles. The number of ether oxygens (including phenoxy) is 1. The zero-order chi connectivity index (χ0) is 17.5. The highest BCUT2D eigenvalue weighted by Crippen LogP contribution is 2.46. The van der Waals surface area contributed by atoms with Gasteiger partial charge in [-0.1, -0.05) is 28.1 Å². The molecule has 2 aliphatic rings. The SMILES string of the molecule is CC(C)(C)OC(=O)N1CC(C(=O)NC2(c3cccc(Br)c3)CC2)C1. The molecule has 0 aromatic heterocycles. The van der Waals surface area contributed by atoms with Crippen molar-refractivity contribution in [3.05, 3.63) is 34.3 Å². The summed E-state index contributed by atoms with van der Waals surface area (Å²) in [6, 6.07) is 8.07. The average Bonchev–Trinajstić information content (AvgIpc) is 3.15. The first-order valence-corrected chi connectivity index (χ1v) is 9.04. The van der Waals surface area contributed by atoms with Crippen molar-refractivity contribution >= 4 is 27.9 Å². The molecule has 3 rings (SSSR count). The van der Waals surface area contributed by atoms with Crippen LogP contribution in [0.2, 0.25) is 0 Å². The van der Waals surface area contributed by atoms with Gasteiger partial charge in [0, 0.05) is 17.6 Å². The number of nitrogens with one attached hydrogen (secondary N) is 1. The van der Waals surface area contributed by atoms with Crippen molar-refractivity contribution in [2.24, 2.45) is 5.92 Å².